The first-order valence-electron chi connectivity index (χ1n) is 5.84. The zero-order chi connectivity index (χ0) is 12.0. The second kappa shape index (κ2) is 6.44. The number of carbonyl (C=O) groups is 1. The van der Waals surface area contributed by atoms with Crippen LogP contribution < -0.4 is 0 Å². The van der Waals surface area contributed by atoms with E-state index in [4.69, 9.17) is 0 Å². The van der Waals surface area contributed by atoms with Gasteiger partial charge in [-0.15, -0.1) is 0 Å². The lowest BCUT2D eigenvalue weighted by molar-refractivity contribution is -0.122. The molecule has 0 fully saturated rings. The highest BCUT2D eigenvalue weighted by molar-refractivity contribution is 5.82. The van der Waals surface area contributed by atoms with Crippen molar-refractivity contribution in [2.75, 3.05) is 20.1 Å². The molecule has 0 aliphatic rings. The number of nitrogens with zero attached hydrogens (tertiary/aromatic N) is 1. The molecule has 0 heterocycles. The Morgan fingerprint density at radius 2 is 1.88 bits per heavy atom. The molecule has 0 spiro atoms. The van der Waals surface area contributed by atoms with Crippen LogP contribution in [0.3, 0.4) is 0 Å². The minimum absolute atomic E-state index is 0.138. The van der Waals surface area contributed by atoms with Crippen LogP contribution in [0.15, 0.2) is 30.3 Å². The van der Waals surface area contributed by atoms with Crippen LogP contribution >= 0.6 is 0 Å². The Labute approximate surface area is 98.3 Å². The number of ketones is 1. The van der Waals surface area contributed by atoms with E-state index in [1.54, 1.807) is 0 Å². The van der Waals surface area contributed by atoms with Gasteiger partial charge < -0.3 is 0 Å². The van der Waals surface area contributed by atoms with Crippen LogP contribution in [-0.4, -0.2) is 30.8 Å². The van der Waals surface area contributed by atoms with Gasteiger partial charge in [0, 0.05) is 12.5 Å². The summed E-state index contributed by atoms with van der Waals surface area (Å²) in [6.45, 7) is 5.40. The van der Waals surface area contributed by atoms with Crippen molar-refractivity contribution in [1.29, 1.82) is 0 Å². The molecule has 0 bridgehead atoms. The Morgan fingerprint density at radius 1 is 1.25 bits per heavy atom. The molecular weight excluding hydrogens is 198 g/mol. The van der Waals surface area contributed by atoms with Crippen molar-refractivity contribution in [3.8, 4) is 0 Å². The summed E-state index contributed by atoms with van der Waals surface area (Å²) >= 11 is 0. The van der Waals surface area contributed by atoms with Crippen molar-refractivity contribution in [2.45, 2.75) is 20.3 Å². The molecule has 0 radical (unpaired) electrons. The Morgan fingerprint density at radius 3 is 2.44 bits per heavy atom. The molecule has 1 aromatic carbocycles. The van der Waals surface area contributed by atoms with Gasteiger partial charge in [-0.3, -0.25) is 9.69 Å². The summed E-state index contributed by atoms with van der Waals surface area (Å²) in [5.74, 6) is 0.453. The number of carbonyl (C=O) groups excluding carboxylic acids is 1. The smallest absolute Gasteiger partial charge is 0.149 e. The summed E-state index contributed by atoms with van der Waals surface area (Å²) in [6.07, 6.45) is 1.00. The first kappa shape index (κ1) is 12.9. The summed E-state index contributed by atoms with van der Waals surface area (Å²) in [4.78, 5) is 13.6. The van der Waals surface area contributed by atoms with E-state index in [1.807, 2.05) is 27.0 Å². The van der Waals surface area contributed by atoms with Gasteiger partial charge in [-0.25, -0.2) is 0 Å². The van der Waals surface area contributed by atoms with E-state index in [-0.39, 0.29) is 5.92 Å². The zero-order valence-electron chi connectivity index (χ0n) is 10.4. The third-order valence-corrected chi connectivity index (χ3v) is 2.69. The van der Waals surface area contributed by atoms with E-state index in [9.17, 15) is 4.79 Å². The third kappa shape index (κ3) is 4.58. The fraction of sp³-hybridized carbons (Fsp3) is 0.500. The summed E-state index contributed by atoms with van der Waals surface area (Å²) in [5, 5.41) is 0. The van der Waals surface area contributed by atoms with Gasteiger partial charge in [-0.1, -0.05) is 44.2 Å². The van der Waals surface area contributed by atoms with Gasteiger partial charge in [0.1, 0.15) is 5.78 Å². The van der Waals surface area contributed by atoms with Gasteiger partial charge in [0.25, 0.3) is 0 Å². The molecule has 2 heteroatoms. The topological polar surface area (TPSA) is 20.3 Å². The second-order valence-electron chi connectivity index (χ2n) is 4.59. The van der Waals surface area contributed by atoms with Gasteiger partial charge in [-0.2, -0.15) is 0 Å². The van der Waals surface area contributed by atoms with Crippen molar-refractivity contribution in [2.24, 2.45) is 5.92 Å². The van der Waals surface area contributed by atoms with Gasteiger partial charge >= 0.3 is 0 Å². The normalized spacial score (nSPS) is 11.1. The lowest BCUT2D eigenvalue weighted by Gasteiger charge is -2.16. The fourth-order valence-electron chi connectivity index (χ4n) is 1.49. The predicted octanol–water partition coefficient (Wildman–Crippen LogP) is 2.39. The van der Waals surface area contributed by atoms with E-state index in [0.29, 0.717) is 12.3 Å². The van der Waals surface area contributed by atoms with Crippen molar-refractivity contribution < 1.29 is 4.79 Å². The number of Topliss-reactive ketones (excluding diaryl/α,β-unsaturated/α-hetero) is 1. The molecule has 0 saturated heterocycles. The molecule has 88 valence electrons. The summed E-state index contributed by atoms with van der Waals surface area (Å²) in [6, 6.07) is 10.4. The zero-order valence-corrected chi connectivity index (χ0v) is 10.4. The second-order valence-corrected chi connectivity index (χ2v) is 4.59. The SMILES string of the molecule is CC(C)C(=O)CN(C)CCc1ccccc1. The van der Waals surface area contributed by atoms with Crippen LogP contribution in [0.1, 0.15) is 19.4 Å². The standard InChI is InChI=1S/C14H21NO/c1-12(2)14(16)11-15(3)10-9-13-7-5-4-6-8-13/h4-8,12H,9-11H2,1-3H3. The van der Waals surface area contributed by atoms with Crippen LogP contribution in [0.5, 0.6) is 0 Å². The maximum absolute atomic E-state index is 11.5. The van der Waals surface area contributed by atoms with Gasteiger partial charge in [0.15, 0.2) is 0 Å². The van der Waals surface area contributed by atoms with Gasteiger partial charge in [0.2, 0.25) is 0 Å². The molecule has 0 aliphatic carbocycles. The summed E-state index contributed by atoms with van der Waals surface area (Å²) in [5.41, 5.74) is 1.33. The number of hydrogen-bond acceptors (Lipinski definition) is 2. The number of benzene rings is 1. The maximum Gasteiger partial charge on any atom is 0.149 e. The van der Waals surface area contributed by atoms with Crippen molar-refractivity contribution >= 4 is 5.78 Å². The van der Waals surface area contributed by atoms with Crippen molar-refractivity contribution in [1.82, 2.24) is 4.90 Å². The molecule has 2 nitrogen and oxygen atoms in total. The minimum atomic E-state index is 0.138. The van der Waals surface area contributed by atoms with Crippen LogP contribution in [0.2, 0.25) is 0 Å². The Kier molecular flexibility index (Phi) is 5.20. The number of hydrogen-bond donors (Lipinski definition) is 0. The first-order chi connectivity index (χ1) is 7.59. The lowest BCUT2D eigenvalue weighted by atomic mass is 10.1. The summed E-state index contributed by atoms with van der Waals surface area (Å²) in [7, 11) is 2.00. The molecule has 0 N–H and O–H groups in total. The van der Waals surface area contributed by atoms with Crippen molar-refractivity contribution in [3.63, 3.8) is 0 Å². The van der Waals surface area contributed by atoms with Crippen LogP contribution in [0, 0.1) is 5.92 Å². The monoisotopic (exact) mass is 219 g/mol. The van der Waals surface area contributed by atoms with E-state index in [2.05, 4.69) is 29.2 Å². The molecular formula is C14H21NO. The van der Waals surface area contributed by atoms with E-state index in [1.165, 1.54) is 5.56 Å². The van der Waals surface area contributed by atoms with E-state index >= 15 is 0 Å². The number of likely N-dealkylation sites (N-methyl/N-ethyl adjacent to an activating group) is 1. The average Bonchev–Trinajstić information content (AvgIpc) is 2.27. The summed E-state index contributed by atoms with van der Waals surface area (Å²) < 4.78 is 0. The first-order valence-corrected chi connectivity index (χ1v) is 5.84. The van der Waals surface area contributed by atoms with E-state index < -0.39 is 0 Å². The molecule has 16 heavy (non-hydrogen) atoms. The highest BCUT2D eigenvalue weighted by atomic mass is 16.1. The van der Waals surface area contributed by atoms with Gasteiger partial charge in [0.05, 0.1) is 6.54 Å². The average molecular weight is 219 g/mol. The number of rotatable bonds is 6. The van der Waals surface area contributed by atoms with E-state index in [0.717, 1.165) is 13.0 Å². The van der Waals surface area contributed by atoms with Crippen molar-refractivity contribution in [3.05, 3.63) is 35.9 Å². The largest absolute Gasteiger partial charge is 0.299 e. The Bertz CT molecular complexity index is 319. The molecule has 1 rings (SSSR count). The third-order valence-electron chi connectivity index (χ3n) is 2.69. The molecule has 1 aromatic rings. The molecule has 0 aliphatic heterocycles. The quantitative estimate of drug-likeness (QED) is 0.732. The van der Waals surface area contributed by atoms with Crippen LogP contribution in [0.25, 0.3) is 0 Å². The molecule has 0 saturated carbocycles. The van der Waals surface area contributed by atoms with Crippen LogP contribution in [-0.2, 0) is 11.2 Å². The predicted molar refractivity (Wildman–Crippen MR) is 67.5 cm³/mol. The highest BCUT2D eigenvalue weighted by Gasteiger charge is 2.09. The molecule has 0 unspecified atom stereocenters. The Hall–Kier alpha value is -1.15. The van der Waals surface area contributed by atoms with Gasteiger partial charge in [-0.05, 0) is 19.0 Å². The molecule has 0 aromatic heterocycles. The lowest BCUT2D eigenvalue weighted by Crippen LogP contribution is -2.30. The van der Waals surface area contributed by atoms with Crippen LogP contribution in [0.4, 0.5) is 0 Å². The molecule has 0 amide bonds. The fourth-order valence-corrected chi connectivity index (χ4v) is 1.49. The maximum atomic E-state index is 11.5. The Balaban J connectivity index is 2.30. The highest BCUT2D eigenvalue weighted by Crippen LogP contribution is 2.02. The molecule has 0 atom stereocenters. The minimum Gasteiger partial charge on any atom is -0.299 e.